The molecular weight excluding hydrogens is 430 g/mol. The SMILES string of the molecule is CCC(NC(=O)[C@H](CC(C)C)NC(=O)OCc1ccccc1)C(=O)C(=O)NCC(OC)OC. The number of carbonyl (C=O) groups excluding carboxylic acids is 4. The number of rotatable bonds is 14. The zero-order valence-electron chi connectivity index (χ0n) is 19.9. The first-order valence-corrected chi connectivity index (χ1v) is 10.9. The Hall–Kier alpha value is -2.98. The summed E-state index contributed by atoms with van der Waals surface area (Å²) in [5, 5.41) is 7.54. The lowest BCUT2D eigenvalue weighted by Gasteiger charge is -2.23. The lowest BCUT2D eigenvalue weighted by molar-refractivity contribution is -0.142. The molecule has 10 heteroatoms. The number of ketones is 1. The summed E-state index contributed by atoms with van der Waals surface area (Å²) in [6.45, 7) is 5.50. The Morgan fingerprint density at radius 2 is 1.58 bits per heavy atom. The van der Waals surface area contributed by atoms with Gasteiger partial charge in [0, 0.05) is 14.2 Å². The normalized spacial score (nSPS) is 12.7. The highest BCUT2D eigenvalue weighted by molar-refractivity contribution is 6.38. The fraction of sp³-hybridized carbons (Fsp3) is 0.565. The summed E-state index contributed by atoms with van der Waals surface area (Å²) in [4.78, 5) is 49.8. The van der Waals surface area contributed by atoms with Crippen LogP contribution in [-0.2, 0) is 35.2 Å². The molecule has 10 nitrogen and oxygen atoms in total. The van der Waals surface area contributed by atoms with E-state index in [0.29, 0.717) is 6.42 Å². The molecule has 0 saturated carbocycles. The second-order valence-electron chi connectivity index (χ2n) is 7.83. The topological polar surface area (TPSA) is 132 Å². The zero-order chi connectivity index (χ0) is 24.8. The Bertz CT molecular complexity index is 767. The van der Waals surface area contributed by atoms with Crippen LogP contribution < -0.4 is 16.0 Å². The monoisotopic (exact) mass is 465 g/mol. The third-order valence-corrected chi connectivity index (χ3v) is 4.75. The van der Waals surface area contributed by atoms with Crippen molar-refractivity contribution in [2.75, 3.05) is 20.8 Å². The van der Waals surface area contributed by atoms with Crippen molar-refractivity contribution in [2.45, 2.75) is 58.6 Å². The van der Waals surface area contributed by atoms with Gasteiger partial charge in [-0.05, 0) is 24.3 Å². The number of benzene rings is 1. The van der Waals surface area contributed by atoms with Crippen LogP contribution in [0.1, 0.15) is 39.2 Å². The largest absolute Gasteiger partial charge is 0.445 e. The maximum Gasteiger partial charge on any atom is 0.408 e. The lowest BCUT2D eigenvalue weighted by Crippen LogP contribution is -2.54. The number of nitrogens with one attached hydrogen (secondary N) is 3. The molecule has 0 aromatic heterocycles. The molecule has 0 heterocycles. The minimum Gasteiger partial charge on any atom is -0.445 e. The van der Waals surface area contributed by atoms with Crippen molar-refractivity contribution in [1.82, 2.24) is 16.0 Å². The van der Waals surface area contributed by atoms with Crippen molar-refractivity contribution in [1.29, 1.82) is 0 Å². The number of carbonyl (C=O) groups is 4. The fourth-order valence-corrected chi connectivity index (χ4v) is 2.92. The van der Waals surface area contributed by atoms with Gasteiger partial charge in [-0.25, -0.2) is 4.79 Å². The predicted octanol–water partition coefficient (Wildman–Crippen LogP) is 1.53. The third kappa shape index (κ3) is 10.5. The quantitative estimate of drug-likeness (QED) is 0.280. The molecule has 0 radical (unpaired) electrons. The highest BCUT2D eigenvalue weighted by Crippen LogP contribution is 2.08. The number of methoxy groups -OCH3 is 2. The van der Waals surface area contributed by atoms with E-state index in [4.69, 9.17) is 14.2 Å². The molecule has 184 valence electrons. The smallest absolute Gasteiger partial charge is 0.408 e. The average Bonchev–Trinajstić information content (AvgIpc) is 2.81. The van der Waals surface area contributed by atoms with Crippen molar-refractivity contribution in [3.05, 3.63) is 35.9 Å². The molecule has 0 aliphatic carbocycles. The van der Waals surface area contributed by atoms with Crippen LogP contribution in [0.5, 0.6) is 0 Å². The number of ether oxygens (including phenoxy) is 3. The van der Waals surface area contributed by atoms with Crippen LogP contribution in [0, 0.1) is 5.92 Å². The van der Waals surface area contributed by atoms with E-state index in [1.165, 1.54) is 14.2 Å². The van der Waals surface area contributed by atoms with Gasteiger partial charge < -0.3 is 30.2 Å². The van der Waals surface area contributed by atoms with Gasteiger partial charge in [-0.15, -0.1) is 0 Å². The lowest BCUT2D eigenvalue weighted by atomic mass is 10.0. The van der Waals surface area contributed by atoms with Crippen LogP contribution >= 0.6 is 0 Å². The summed E-state index contributed by atoms with van der Waals surface area (Å²) < 4.78 is 15.1. The van der Waals surface area contributed by atoms with Crippen molar-refractivity contribution in [3.8, 4) is 0 Å². The minimum atomic E-state index is -1.04. The third-order valence-electron chi connectivity index (χ3n) is 4.75. The molecule has 0 bridgehead atoms. The molecule has 2 atom stereocenters. The molecule has 1 aromatic carbocycles. The van der Waals surface area contributed by atoms with Gasteiger partial charge in [0.2, 0.25) is 11.7 Å². The number of amides is 3. The van der Waals surface area contributed by atoms with Crippen LogP contribution in [0.2, 0.25) is 0 Å². The van der Waals surface area contributed by atoms with Gasteiger partial charge in [0.15, 0.2) is 6.29 Å². The molecule has 0 saturated heterocycles. The molecule has 1 rings (SSSR count). The van der Waals surface area contributed by atoms with Crippen LogP contribution in [0.3, 0.4) is 0 Å². The maximum absolute atomic E-state index is 12.8. The second kappa shape index (κ2) is 15.0. The highest BCUT2D eigenvalue weighted by Gasteiger charge is 2.30. The average molecular weight is 466 g/mol. The van der Waals surface area contributed by atoms with Gasteiger partial charge in [0.1, 0.15) is 12.6 Å². The summed E-state index contributed by atoms with van der Waals surface area (Å²) in [6, 6.07) is 7.17. The summed E-state index contributed by atoms with van der Waals surface area (Å²) in [7, 11) is 2.81. The number of alkyl carbamates (subject to hydrolysis) is 1. The number of Topliss-reactive ketones (excluding diaryl/α,β-unsaturated/α-hetero) is 1. The Morgan fingerprint density at radius 1 is 0.939 bits per heavy atom. The van der Waals surface area contributed by atoms with Gasteiger partial charge in [-0.3, -0.25) is 14.4 Å². The molecule has 0 spiro atoms. The molecule has 0 aliphatic heterocycles. The van der Waals surface area contributed by atoms with Crippen LogP contribution in [0.15, 0.2) is 30.3 Å². The predicted molar refractivity (Wildman–Crippen MR) is 121 cm³/mol. The van der Waals surface area contributed by atoms with Crippen LogP contribution in [0.25, 0.3) is 0 Å². The molecule has 3 N–H and O–H groups in total. The van der Waals surface area contributed by atoms with E-state index in [1.54, 1.807) is 6.92 Å². The first-order valence-electron chi connectivity index (χ1n) is 10.9. The minimum absolute atomic E-state index is 0.0211. The zero-order valence-corrected chi connectivity index (χ0v) is 19.9. The summed E-state index contributed by atoms with van der Waals surface area (Å²) in [5.41, 5.74) is 0.810. The second-order valence-corrected chi connectivity index (χ2v) is 7.83. The molecule has 33 heavy (non-hydrogen) atoms. The van der Waals surface area contributed by atoms with Gasteiger partial charge in [-0.1, -0.05) is 51.1 Å². The Kier molecular flexibility index (Phi) is 12.7. The first kappa shape index (κ1) is 28.1. The van der Waals surface area contributed by atoms with Crippen molar-refractivity contribution >= 4 is 23.7 Å². The standard InChI is InChI=1S/C23H35N3O7/c1-6-17(20(27)22(29)24-13-19(31-4)32-5)25-21(28)18(12-15(2)3)26-23(30)33-14-16-10-8-7-9-11-16/h7-11,15,17-19H,6,12-14H2,1-5H3,(H,24,29)(H,25,28)(H,26,30)/t17?,18-/m0/s1. The molecule has 0 fully saturated rings. The van der Waals surface area contributed by atoms with Gasteiger partial charge in [-0.2, -0.15) is 0 Å². The van der Waals surface area contributed by atoms with E-state index in [2.05, 4.69) is 16.0 Å². The summed E-state index contributed by atoms with van der Waals surface area (Å²) in [6.07, 6.45) is -0.921. The highest BCUT2D eigenvalue weighted by atomic mass is 16.7. The van der Waals surface area contributed by atoms with Crippen molar-refractivity contribution < 1.29 is 33.4 Å². The number of hydrogen-bond donors (Lipinski definition) is 3. The summed E-state index contributed by atoms with van der Waals surface area (Å²) >= 11 is 0. The van der Waals surface area contributed by atoms with E-state index in [0.717, 1.165) is 5.56 Å². The van der Waals surface area contributed by atoms with E-state index < -0.39 is 42.1 Å². The van der Waals surface area contributed by atoms with Crippen LogP contribution in [-0.4, -0.2) is 62.8 Å². The maximum atomic E-state index is 12.8. The van der Waals surface area contributed by atoms with E-state index in [9.17, 15) is 19.2 Å². The first-order chi connectivity index (χ1) is 15.7. The number of hydrogen-bond acceptors (Lipinski definition) is 7. The van der Waals surface area contributed by atoms with Crippen molar-refractivity contribution in [2.24, 2.45) is 5.92 Å². The van der Waals surface area contributed by atoms with E-state index in [-0.39, 0.29) is 25.5 Å². The Labute approximate surface area is 194 Å². The van der Waals surface area contributed by atoms with E-state index >= 15 is 0 Å². The Morgan fingerprint density at radius 3 is 2.12 bits per heavy atom. The summed E-state index contributed by atoms with van der Waals surface area (Å²) in [5.74, 6) is -2.15. The molecule has 0 aliphatic rings. The molecule has 1 unspecified atom stereocenters. The van der Waals surface area contributed by atoms with Crippen LogP contribution in [0.4, 0.5) is 4.79 Å². The van der Waals surface area contributed by atoms with Gasteiger partial charge >= 0.3 is 6.09 Å². The molecule has 1 aromatic rings. The van der Waals surface area contributed by atoms with Crippen molar-refractivity contribution in [3.63, 3.8) is 0 Å². The van der Waals surface area contributed by atoms with Gasteiger partial charge in [0.05, 0.1) is 12.6 Å². The van der Waals surface area contributed by atoms with Gasteiger partial charge in [0.25, 0.3) is 5.91 Å². The van der Waals surface area contributed by atoms with E-state index in [1.807, 2.05) is 44.2 Å². The fourth-order valence-electron chi connectivity index (χ4n) is 2.92. The Balaban J connectivity index is 2.70. The molecular formula is C23H35N3O7. The molecule has 3 amide bonds.